The lowest BCUT2D eigenvalue weighted by Gasteiger charge is -2.23. The van der Waals surface area contributed by atoms with E-state index in [9.17, 15) is 14.0 Å². The van der Waals surface area contributed by atoms with Gasteiger partial charge in [0.05, 0.1) is 24.6 Å². The summed E-state index contributed by atoms with van der Waals surface area (Å²) in [5.74, 6) is -0.701. The number of rotatable bonds is 6. The molecule has 2 amide bonds. The molecule has 0 aliphatic carbocycles. The van der Waals surface area contributed by atoms with Gasteiger partial charge in [-0.3, -0.25) is 9.59 Å². The van der Waals surface area contributed by atoms with Gasteiger partial charge in [0.2, 0.25) is 5.91 Å². The van der Waals surface area contributed by atoms with E-state index in [-0.39, 0.29) is 18.2 Å². The maximum Gasteiger partial charge on any atom is 0.262 e. The Morgan fingerprint density at radius 3 is 2.68 bits per heavy atom. The van der Waals surface area contributed by atoms with Crippen LogP contribution < -0.4 is 10.1 Å². The number of aliphatic imine (C=N–C) groups is 1. The van der Waals surface area contributed by atoms with Crippen LogP contribution in [0, 0.1) is 5.82 Å². The van der Waals surface area contributed by atoms with Gasteiger partial charge in [-0.1, -0.05) is 47.6 Å². The third kappa shape index (κ3) is 5.52. The fourth-order valence-corrected chi connectivity index (χ4v) is 5.42. The standard InChI is InChI=1S/C27H22ClFN4O3S/c1-36-19-11-9-16(10-12-19)22-14-23(17-5-4-6-18(28)13-17)33(32-22)27-31-26(35)24(37-27)15-25(34)30-21-8-3-2-7-20(21)29/h2-13,23-24H,14-15H2,1H3,(H,30,34)/t23-,24-/m1/s1. The van der Waals surface area contributed by atoms with E-state index in [0.717, 1.165) is 22.6 Å². The lowest BCUT2D eigenvalue weighted by molar-refractivity contribution is -0.121. The number of halogens is 2. The predicted octanol–water partition coefficient (Wildman–Crippen LogP) is 5.67. The smallest absolute Gasteiger partial charge is 0.262 e. The molecule has 0 saturated heterocycles. The molecule has 0 unspecified atom stereocenters. The number of thioether (sulfide) groups is 1. The number of amidine groups is 1. The Morgan fingerprint density at radius 1 is 1.16 bits per heavy atom. The van der Waals surface area contributed by atoms with Gasteiger partial charge in [-0.05, 0) is 59.7 Å². The van der Waals surface area contributed by atoms with Crippen molar-refractivity contribution in [2.45, 2.75) is 24.1 Å². The minimum absolute atomic E-state index is 0.0679. The van der Waals surface area contributed by atoms with Crippen LogP contribution in [-0.2, 0) is 9.59 Å². The molecule has 0 bridgehead atoms. The number of benzene rings is 3. The molecule has 2 atom stereocenters. The van der Waals surface area contributed by atoms with E-state index in [0.29, 0.717) is 16.6 Å². The number of methoxy groups -OCH3 is 1. The van der Waals surface area contributed by atoms with E-state index in [4.69, 9.17) is 21.4 Å². The summed E-state index contributed by atoms with van der Waals surface area (Å²) in [7, 11) is 1.61. The van der Waals surface area contributed by atoms with E-state index in [1.165, 1.54) is 30.0 Å². The number of hydrogen-bond donors (Lipinski definition) is 1. The molecule has 0 radical (unpaired) electrons. The van der Waals surface area contributed by atoms with Crippen molar-refractivity contribution in [1.82, 2.24) is 5.01 Å². The second kappa shape index (κ2) is 10.7. The molecule has 2 aliphatic rings. The van der Waals surface area contributed by atoms with E-state index < -0.39 is 22.9 Å². The number of para-hydroxylation sites is 1. The molecule has 2 aliphatic heterocycles. The average molecular weight is 537 g/mol. The second-order valence-electron chi connectivity index (χ2n) is 8.47. The van der Waals surface area contributed by atoms with Crippen molar-refractivity contribution in [3.63, 3.8) is 0 Å². The summed E-state index contributed by atoms with van der Waals surface area (Å²) >= 11 is 7.44. The minimum Gasteiger partial charge on any atom is -0.497 e. The highest BCUT2D eigenvalue weighted by Crippen LogP contribution is 2.39. The van der Waals surface area contributed by atoms with Crippen molar-refractivity contribution in [3.05, 3.63) is 94.8 Å². The molecule has 0 spiro atoms. The Kier molecular flexibility index (Phi) is 7.25. The number of ether oxygens (including phenoxy) is 1. The van der Waals surface area contributed by atoms with Crippen molar-refractivity contribution in [3.8, 4) is 5.75 Å². The van der Waals surface area contributed by atoms with Crippen LogP contribution in [0.15, 0.2) is 82.9 Å². The number of nitrogens with zero attached hydrogens (tertiary/aromatic N) is 3. The predicted molar refractivity (Wildman–Crippen MR) is 144 cm³/mol. The molecule has 3 aromatic rings. The zero-order chi connectivity index (χ0) is 25.9. The summed E-state index contributed by atoms with van der Waals surface area (Å²) in [5, 5.41) is 9.34. The number of hydrazone groups is 1. The molecular weight excluding hydrogens is 515 g/mol. The maximum atomic E-state index is 13.9. The van der Waals surface area contributed by atoms with Crippen molar-refractivity contribution in [2.24, 2.45) is 10.1 Å². The van der Waals surface area contributed by atoms with Crippen LogP contribution in [0.5, 0.6) is 5.75 Å². The van der Waals surface area contributed by atoms with Crippen molar-refractivity contribution in [2.75, 3.05) is 12.4 Å². The Hall–Kier alpha value is -3.69. The topological polar surface area (TPSA) is 83.4 Å². The van der Waals surface area contributed by atoms with E-state index in [1.807, 2.05) is 42.5 Å². The number of carbonyl (C=O) groups is 2. The lowest BCUT2D eigenvalue weighted by atomic mass is 9.98. The van der Waals surface area contributed by atoms with Crippen LogP contribution in [0.1, 0.15) is 30.0 Å². The third-order valence-electron chi connectivity index (χ3n) is 6.01. The fraction of sp³-hybridized carbons (Fsp3) is 0.185. The van der Waals surface area contributed by atoms with E-state index in [1.54, 1.807) is 24.3 Å². The van der Waals surface area contributed by atoms with Gasteiger partial charge in [0.1, 0.15) is 16.8 Å². The Labute approximate surface area is 222 Å². The molecule has 0 aromatic heterocycles. The van der Waals surface area contributed by atoms with Gasteiger partial charge in [0.15, 0.2) is 5.17 Å². The number of nitrogens with one attached hydrogen (secondary N) is 1. The fourth-order valence-electron chi connectivity index (χ4n) is 4.15. The molecule has 3 aromatic carbocycles. The van der Waals surface area contributed by atoms with Gasteiger partial charge in [-0.25, -0.2) is 9.40 Å². The summed E-state index contributed by atoms with van der Waals surface area (Å²) < 4.78 is 19.2. The van der Waals surface area contributed by atoms with Gasteiger partial charge in [-0.15, -0.1) is 0 Å². The molecule has 0 saturated carbocycles. The number of carbonyl (C=O) groups excluding carboxylic acids is 2. The molecule has 2 heterocycles. The molecule has 1 N–H and O–H groups in total. The van der Waals surface area contributed by atoms with E-state index >= 15 is 0 Å². The minimum atomic E-state index is -0.734. The van der Waals surface area contributed by atoms with Crippen LogP contribution >= 0.6 is 23.4 Å². The number of anilines is 1. The summed E-state index contributed by atoms with van der Waals surface area (Å²) in [6, 6.07) is 20.7. The van der Waals surface area contributed by atoms with Crippen LogP contribution in [0.3, 0.4) is 0 Å². The highest BCUT2D eigenvalue weighted by Gasteiger charge is 2.39. The van der Waals surface area contributed by atoms with Crippen LogP contribution in [0.25, 0.3) is 0 Å². The first-order valence-corrected chi connectivity index (χ1v) is 12.8. The molecule has 188 valence electrons. The Bertz CT molecular complexity index is 1410. The van der Waals surface area contributed by atoms with Crippen LogP contribution in [0.4, 0.5) is 10.1 Å². The summed E-state index contributed by atoms with van der Waals surface area (Å²) in [6.45, 7) is 0. The molecular formula is C27H22ClFN4O3S. The van der Waals surface area contributed by atoms with Gasteiger partial charge in [0, 0.05) is 17.9 Å². The van der Waals surface area contributed by atoms with Gasteiger partial charge in [0.25, 0.3) is 5.91 Å². The van der Waals surface area contributed by atoms with E-state index in [2.05, 4.69) is 10.3 Å². The lowest BCUT2D eigenvalue weighted by Crippen LogP contribution is -2.25. The average Bonchev–Trinajstić information content (AvgIpc) is 3.49. The number of hydrogen-bond acceptors (Lipinski definition) is 6. The first-order valence-electron chi connectivity index (χ1n) is 11.5. The zero-order valence-electron chi connectivity index (χ0n) is 19.7. The van der Waals surface area contributed by atoms with Gasteiger partial charge >= 0.3 is 0 Å². The van der Waals surface area contributed by atoms with Gasteiger partial charge in [-0.2, -0.15) is 10.1 Å². The van der Waals surface area contributed by atoms with Crippen LogP contribution in [0.2, 0.25) is 5.02 Å². The van der Waals surface area contributed by atoms with Crippen molar-refractivity contribution >= 4 is 51.7 Å². The quantitative estimate of drug-likeness (QED) is 0.439. The zero-order valence-corrected chi connectivity index (χ0v) is 21.3. The normalized spacial score (nSPS) is 19.0. The molecule has 10 heteroatoms. The summed E-state index contributed by atoms with van der Waals surface area (Å²) in [6.07, 6.45) is 0.425. The highest BCUT2D eigenvalue weighted by atomic mass is 35.5. The van der Waals surface area contributed by atoms with Gasteiger partial charge < -0.3 is 10.1 Å². The van der Waals surface area contributed by atoms with Crippen molar-refractivity contribution in [1.29, 1.82) is 0 Å². The molecule has 37 heavy (non-hydrogen) atoms. The Balaban J connectivity index is 1.36. The molecule has 7 nitrogen and oxygen atoms in total. The second-order valence-corrected chi connectivity index (χ2v) is 10.1. The third-order valence-corrected chi connectivity index (χ3v) is 7.39. The van der Waals surface area contributed by atoms with Crippen molar-refractivity contribution < 1.29 is 18.7 Å². The largest absolute Gasteiger partial charge is 0.497 e. The molecule has 5 rings (SSSR count). The summed E-state index contributed by atoms with van der Waals surface area (Å²) in [5.41, 5.74) is 2.74. The molecule has 0 fully saturated rings. The Morgan fingerprint density at radius 2 is 1.95 bits per heavy atom. The first kappa shape index (κ1) is 25.0. The summed E-state index contributed by atoms with van der Waals surface area (Å²) in [4.78, 5) is 29.5. The monoisotopic (exact) mass is 536 g/mol. The maximum absolute atomic E-state index is 13.9. The number of amides is 2. The van der Waals surface area contributed by atoms with Crippen LogP contribution in [-0.4, -0.2) is 40.1 Å². The SMILES string of the molecule is COc1ccc(C2=NN(C3=NC(=O)[C@@H](CC(=O)Nc4ccccc4F)S3)[C@@H](c3cccc(Cl)c3)C2)cc1. The first-order chi connectivity index (χ1) is 17.9. The highest BCUT2D eigenvalue weighted by molar-refractivity contribution is 8.15.